The summed E-state index contributed by atoms with van der Waals surface area (Å²) in [5.41, 5.74) is -0.299. The maximum absolute atomic E-state index is 11.8. The van der Waals surface area contributed by atoms with Crippen molar-refractivity contribution >= 4 is 11.8 Å². The van der Waals surface area contributed by atoms with E-state index in [1.165, 1.54) is 6.92 Å². The van der Waals surface area contributed by atoms with Gasteiger partial charge in [0, 0.05) is 26.1 Å². The Morgan fingerprint density at radius 2 is 2.06 bits per heavy atom. The van der Waals surface area contributed by atoms with Crippen molar-refractivity contribution in [1.29, 1.82) is 0 Å². The fourth-order valence-corrected chi connectivity index (χ4v) is 1.76. The van der Waals surface area contributed by atoms with Crippen molar-refractivity contribution in [2.75, 3.05) is 19.7 Å². The highest BCUT2D eigenvalue weighted by atomic mass is 16.5. The molecule has 1 unspecified atom stereocenters. The van der Waals surface area contributed by atoms with E-state index < -0.39 is 0 Å². The Hall–Kier alpha value is -1.10. The normalized spacial score (nSPS) is 20.5. The van der Waals surface area contributed by atoms with Crippen molar-refractivity contribution < 1.29 is 14.3 Å². The molecule has 1 N–H and O–H groups in total. The summed E-state index contributed by atoms with van der Waals surface area (Å²) >= 11 is 0. The van der Waals surface area contributed by atoms with Crippen molar-refractivity contribution in [3.8, 4) is 0 Å². The molecule has 1 aliphatic rings. The molecule has 1 heterocycles. The highest BCUT2D eigenvalue weighted by Gasteiger charge is 2.27. The Labute approximate surface area is 102 Å². The van der Waals surface area contributed by atoms with Gasteiger partial charge in [-0.3, -0.25) is 9.59 Å². The Morgan fingerprint density at radius 3 is 2.59 bits per heavy atom. The molecule has 5 heteroatoms. The molecule has 5 nitrogen and oxygen atoms in total. The summed E-state index contributed by atoms with van der Waals surface area (Å²) in [5, 5.41) is 2.83. The van der Waals surface area contributed by atoms with Crippen LogP contribution in [0.2, 0.25) is 0 Å². The zero-order valence-corrected chi connectivity index (χ0v) is 11.1. The molecule has 1 saturated heterocycles. The van der Waals surface area contributed by atoms with Crippen LogP contribution in [0.25, 0.3) is 0 Å². The zero-order valence-electron chi connectivity index (χ0n) is 11.1. The molecule has 0 aliphatic carbocycles. The average molecular weight is 242 g/mol. The van der Waals surface area contributed by atoms with Crippen molar-refractivity contribution in [2.24, 2.45) is 0 Å². The molecule has 0 bridgehead atoms. The van der Waals surface area contributed by atoms with E-state index in [4.69, 9.17) is 4.74 Å². The summed E-state index contributed by atoms with van der Waals surface area (Å²) in [6, 6.07) is 0.0890. The molecule has 1 rings (SSSR count). The lowest BCUT2D eigenvalue weighted by atomic mass is 10.2. The second kappa shape index (κ2) is 5.49. The molecular formula is C12H22N2O3. The predicted octanol–water partition coefficient (Wildman–Crippen LogP) is 0.539. The van der Waals surface area contributed by atoms with Crippen LogP contribution in [-0.2, 0) is 14.3 Å². The van der Waals surface area contributed by atoms with E-state index >= 15 is 0 Å². The van der Waals surface area contributed by atoms with Crippen LogP contribution in [0.3, 0.4) is 0 Å². The van der Waals surface area contributed by atoms with Crippen molar-refractivity contribution in [2.45, 2.75) is 45.8 Å². The van der Waals surface area contributed by atoms with Crippen LogP contribution in [0.15, 0.2) is 0 Å². The quantitative estimate of drug-likeness (QED) is 0.785. The molecule has 2 amide bonds. The fourth-order valence-electron chi connectivity index (χ4n) is 1.76. The Bertz CT molecular complexity index is 297. The number of carbonyl (C=O) groups excluding carboxylic acids is 2. The van der Waals surface area contributed by atoms with Gasteiger partial charge in [-0.2, -0.15) is 0 Å². The molecule has 0 saturated carbocycles. The monoisotopic (exact) mass is 242 g/mol. The van der Waals surface area contributed by atoms with Gasteiger partial charge in [-0.25, -0.2) is 0 Å². The van der Waals surface area contributed by atoms with E-state index in [-0.39, 0.29) is 30.1 Å². The summed E-state index contributed by atoms with van der Waals surface area (Å²) in [5.74, 6) is -0.0528. The molecule has 0 spiro atoms. The number of nitrogens with one attached hydrogen (secondary N) is 1. The summed E-state index contributed by atoms with van der Waals surface area (Å²) in [4.78, 5) is 24.4. The van der Waals surface area contributed by atoms with Gasteiger partial charge >= 0.3 is 0 Å². The number of carbonyl (C=O) groups is 2. The molecule has 0 aromatic carbocycles. The van der Waals surface area contributed by atoms with Crippen LogP contribution in [0.4, 0.5) is 0 Å². The van der Waals surface area contributed by atoms with Gasteiger partial charge in [-0.05, 0) is 27.2 Å². The molecule has 98 valence electrons. The first-order chi connectivity index (χ1) is 7.78. The van der Waals surface area contributed by atoms with Gasteiger partial charge < -0.3 is 15.0 Å². The number of ether oxygens (including phenoxy) is 1. The van der Waals surface area contributed by atoms with E-state index in [1.807, 2.05) is 20.8 Å². The minimum atomic E-state index is -0.299. The minimum absolute atomic E-state index is 0.00669. The van der Waals surface area contributed by atoms with Crippen LogP contribution < -0.4 is 5.32 Å². The van der Waals surface area contributed by atoms with Crippen LogP contribution in [0, 0.1) is 0 Å². The smallest absolute Gasteiger partial charge is 0.248 e. The first kappa shape index (κ1) is 14.0. The third-order valence-corrected chi connectivity index (χ3v) is 2.58. The van der Waals surface area contributed by atoms with Gasteiger partial charge in [0.05, 0.1) is 5.60 Å². The van der Waals surface area contributed by atoms with Gasteiger partial charge in [0.25, 0.3) is 0 Å². The third-order valence-electron chi connectivity index (χ3n) is 2.58. The third kappa shape index (κ3) is 5.17. The van der Waals surface area contributed by atoms with E-state index in [0.717, 1.165) is 6.42 Å². The number of nitrogens with zero attached hydrogens (tertiary/aromatic N) is 1. The molecule has 0 aromatic heterocycles. The average Bonchev–Trinajstić information content (AvgIpc) is 2.60. The van der Waals surface area contributed by atoms with E-state index in [9.17, 15) is 9.59 Å². The Kier molecular flexibility index (Phi) is 4.51. The van der Waals surface area contributed by atoms with Crippen LogP contribution in [0.1, 0.15) is 34.1 Å². The van der Waals surface area contributed by atoms with Gasteiger partial charge in [0.2, 0.25) is 11.8 Å². The molecule has 1 aliphatic heterocycles. The first-order valence-electron chi connectivity index (χ1n) is 5.97. The number of amides is 2. The second-order valence-corrected chi connectivity index (χ2v) is 5.43. The summed E-state index contributed by atoms with van der Waals surface area (Å²) in [6.45, 7) is 8.64. The lowest BCUT2D eigenvalue weighted by Crippen LogP contribution is -2.39. The largest absolute Gasteiger partial charge is 0.366 e. The molecule has 17 heavy (non-hydrogen) atoms. The summed E-state index contributed by atoms with van der Waals surface area (Å²) in [7, 11) is 0. The predicted molar refractivity (Wildman–Crippen MR) is 64.5 cm³/mol. The van der Waals surface area contributed by atoms with Crippen molar-refractivity contribution in [3.05, 3.63) is 0 Å². The van der Waals surface area contributed by atoms with E-state index in [2.05, 4.69) is 5.32 Å². The number of hydrogen-bond donors (Lipinski definition) is 1. The number of hydrogen-bond acceptors (Lipinski definition) is 3. The molecular weight excluding hydrogens is 220 g/mol. The lowest BCUT2D eigenvalue weighted by molar-refractivity contribution is -0.140. The minimum Gasteiger partial charge on any atom is -0.366 e. The zero-order chi connectivity index (χ0) is 13.1. The van der Waals surface area contributed by atoms with Crippen molar-refractivity contribution in [1.82, 2.24) is 10.2 Å². The number of likely N-dealkylation sites (tertiary alicyclic amines) is 1. The lowest BCUT2D eigenvalue weighted by Gasteiger charge is -2.22. The highest BCUT2D eigenvalue weighted by Crippen LogP contribution is 2.11. The Balaban J connectivity index is 2.33. The fraction of sp³-hybridized carbons (Fsp3) is 0.833. The maximum atomic E-state index is 11.8. The second-order valence-electron chi connectivity index (χ2n) is 5.43. The topological polar surface area (TPSA) is 58.6 Å². The van der Waals surface area contributed by atoms with Gasteiger partial charge in [0.1, 0.15) is 6.61 Å². The standard InChI is InChI=1S/C12H22N2O3/c1-9(15)13-10-5-6-14(7-10)11(16)8-17-12(2,3)4/h10H,5-8H2,1-4H3,(H,13,15). The van der Waals surface area contributed by atoms with Crippen LogP contribution in [0.5, 0.6) is 0 Å². The maximum Gasteiger partial charge on any atom is 0.248 e. The van der Waals surface area contributed by atoms with E-state index in [1.54, 1.807) is 4.90 Å². The molecule has 0 radical (unpaired) electrons. The molecule has 1 fully saturated rings. The SMILES string of the molecule is CC(=O)NC1CCN(C(=O)COC(C)(C)C)C1. The first-order valence-corrected chi connectivity index (χ1v) is 5.97. The van der Waals surface area contributed by atoms with Crippen molar-refractivity contribution in [3.63, 3.8) is 0 Å². The summed E-state index contributed by atoms with van der Waals surface area (Å²) in [6.07, 6.45) is 0.820. The van der Waals surface area contributed by atoms with Crippen LogP contribution in [-0.4, -0.2) is 48.1 Å². The van der Waals surface area contributed by atoms with Gasteiger partial charge in [-0.15, -0.1) is 0 Å². The van der Waals surface area contributed by atoms with Gasteiger partial charge in [-0.1, -0.05) is 0 Å². The molecule has 1 atom stereocenters. The van der Waals surface area contributed by atoms with Crippen LogP contribution >= 0.6 is 0 Å². The van der Waals surface area contributed by atoms with E-state index in [0.29, 0.717) is 13.1 Å². The summed E-state index contributed by atoms with van der Waals surface area (Å²) < 4.78 is 5.44. The number of rotatable bonds is 3. The molecule has 0 aromatic rings. The Morgan fingerprint density at radius 1 is 1.41 bits per heavy atom. The highest BCUT2D eigenvalue weighted by molar-refractivity contribution is 5.78. The van der Waals surface area contributed by atoms with Gasteiger partial charge in [0.15, 0.2) is 0 Å².